The fourth-order valence-electron chi connectivity index (χ4n) is 1.19. The Bertz CT molecular complexity index is 416. The van der Waals surface area contributed by atoms with Gasteiger partial charge in [-0.2, -0.15) is 0 Å². The lowest BCUT2D eigenvalue weighted by Crippen LogP contribution is -1.98. The van der Waals surface area contributed by atoms with Crippen molar-refractivity contribution >= 4 is 11.3 Å². The predicted molar refractivity (Wildman–Crippen MR) is 52.6 cm³/mol. The van der Waals surface area contributed by atoms with Gasteiger partial charge in [0.05, 0.1) is 0 Å². The van der Waals surface area contributed by atoms with Crippen LogP contribution in [0.2, 0.25) is 0 Å². The highest BCUT2D eigenvalue weighted by molar-refractivity contribution is 7.09. The molecule has 0 spiro atoms. The van der Waals surface area contributed by atoms with Gasteiger partial charge in [-0.3, -0.25) is 0 Å². The molecule has 1 atom stereocenters. The van der Waals surface area contributed by atoms with Crippen molar-refractivity contribution in [3.05, 3.63) is 52.2 Å². The molecule has 2 nitrogen and oxygen atoms in total. The van der Waals surface area contributed by atoms with Crippen LogP contribution in [0.4, 0.5) is 4.39 Å². The lowest BCUT2D eigenvalue weighted by atomic mass is 10.1. The number of hydrogen-bond acceptors (Lipinski definition) is 3. The van der Waals surface area contributed by atoms with Gasteiger partial charge in [0.15, 0.2) is 0 Å². The maximum atomic E-state index is 12.8. The van der Waals surface area contributed by atoms with E-state index < -0.39 is 6.10 Å². The van der Waals surface area contributed by atoms with Crippen LogP contribution in [0.15, 0.2) is 35.8 Å². The summed E-state index contributed by atoms with van der Waals surface area (Å²) in [4.78, 5) is 3.97. The van der Waals surface area contributed by atoms with E-state index >= 15 is 0 Å². The number of hydrogen-bond donors (Lipinski definition) is 1. The Balaban J connectivity index is 2.32. The molecule has 0 aliphatic carbocycles. The molecule has 2 rings (SSSR count). The van der Waals surface area contributed by atoms with E-state index in [-0.39, 0.29) is 5.82 Å². The van der Waals surface area contributed by atoms with E-state index in [9.17, 15) is 9.50 Å². The van der Waals surface area contributed by atoms with Crippen molar-refractivity contribution in [1.82, 2.24) is 4.98 Å². The molecular weight excluding hydrogens is 201 g/mol. The maximum absolute atomic E-state index is 12.8. The minimum absolute atomic E-state index is 0.349. The van der Waals surface area contributed by atoms with Crippen LogP contribution in [0.5, 0.6) is 0 Å². The van der Waals surface area contributed by atoms with Gasteiger partial charge in [0.25, 0.3) is 0 Å². The fourth-order valence-corrected chi connectivity index (χ4v) is 1.84. The van der Waals surface area contributed by atoms with E-state index in [4.69, 9.17) is 0 Å². The molecule has 4 heteroatoms. The van der Waals surface area contributed by atoms with Crippen LogP contribution in [0, 0.1) is 5.82 Å². The number of nitrogens with zero attached hydrogens (tertiary/aromatic N) is 1. The average Bonchev–Trinajstić information content (AvgIpc) is 2.69. The Kier molecular flexibility index (Phi) is 2.56. The van der Waals surface area contributed by atoms with Crippen molar-refractivity contribution in [3.8, 4) is 0 Å². The van der Waals surface area contributed by atoms with Crippen molar-refractivity contribution in [2.75, 3.05) is 0 Å². The van der Waals surface area contributed by atoms with E-state index in [2.05, 4.69) is 4.98 Å². The molecule has 0 bridgehead atoms. The van der Waals surface area contributed by atoms with Crippen LogP contribution in [-0.4, -0.2) is 10.1 Å². The number of aliphatic hydroxyl groups is 1. The van der Waals surface area contributed by atoms with E-state index in [0.717, 1.165) is 0 Å². The first-order chi connectivity index (χ1) is 6.77. The Morgan fingerprint density at radius 3 is 2.93 bits per heavy atom. The third-order valence-electron chi connectivity index (χ3n) is 1.85. The van der Waals surface area contributed by atoms with Crippen LogP contribution < -0.4 is 0 Å². The predicted octanol–water partition coefficient (Wildman–Crippen LogP) is 2.36. The van der Waals surface area contributed by atoms with Crippen LogP contribution in [0.25, 0.3) is 0 Å². The second-order valence-electron chi connectivity index (χ2n) is 2.83. The Morgan fingerprint density at radius 1 is 1.43 bits per heavy atom. The van der Waals surface area contributed by atoms with Crippen LogP contribution in [-0.2, 0) is 0 Å². The minimum atomic E-state index is -0.828. The molecule has 0 fully saturated rings. The van der Waals surface area contributed by atoms with Gasteiger partial charge in [-0.15, -0.1) is 11.3 Å². The van der Waals surface area contributed by atoms with Gasteiger partial charge in [0.1, 0.15) is 16.9 Å². The Morgan fingerprint density at radius 2 is 2.29 bits per heavy atom. The zero-order chi connectivity index (χ0) is 9.97. The van der Waals surface area contributed by atoms with Crippen molar-refractivity contribution in [2.24, 2.45) is 0 Å². The van der Waals surface area contributed by atoms with Crippen molar-refractivity contribution in [2.45, 2.75) is 6.10 Å². The first kappa shape index (κ1) is 9.30. The summed E-state index contributed by atoms with van der Waals surface area (Å²) in [7, 11) is 0. The quantitative estimate of drug-likeness (QED) is 0.823. The van der Waals surface area contributed by atoms with Crippen LogP contribution >= 0.6 is 11.3 Å². The third-order valence-corrected chi connectivity index (χ3v) is 2.68. The fraction of sp³-hybridized carbons (Fsp3) is 0.100. The lowest BCUT2D eigenvalue weighted by molar-refractivity contribution is 0.219. The van der Waals surface area contributed by atoms with Gasteiger partial charge < -0.3 is 5.11 Å². The summed E-state index contributed by atoms with van der Waals surface area (Å²) in [5, 5.41) is 12.1. The molecule has 1 aromatic heterocycles. The Hall–Kier alpha value is -1.26. The number of rotatable bonds is 2. The second-order valence-corrected chi connectivity index (χ2v) is 3.75. The van der Waals surface area contributed by atoms with Crippen molar-refractivity contribution in [1.29, 1.82) is 0 Å². The molecule has 72 valence electrons. The molecule has 2 aromatic rings. The van der Waals surface area contributed by atoms with E-state index in [0.29, 0.717) is 10.6 Å². The van der Waals surface area contributed by atoms with Gasteiger partial charge in [-0.25, -0.2) is 9.37 Å². The largest absolute Gasteiger partial charge is 0.381 e. The molecule has 0 aliphatic rings. The SMILES string of the molecule is OC(c1cccc(F)c1)c1nccs1. The smallest absolute Gasteiger partial charge is 0.131 e. The number of aliphatic hydroxyl groups excluding tert-OH is 1. The number of thiazole rings is 1. The van der Waals surface area contributed by atoms with Crippen molar-refractivity contribution in [3.63, 3.8) is 0 Å². The van der Waals surface area contributed by atoms with Gasteiger partial charge >= 0.3 is 0 Å². The van der Waals surface area contributed by atoms with Gasteiger partial charge in [0, 0.05) is 11.6 Å². The lowest BCUT2D eigenvalue weighted by Gasteiger charge is -2.06. The van der Waals surface area contributed by atoms with Crippen molar-refractivity contribution < 1.29 is 9.50 Å². The highest BCUT2D eigenvalue weighted by Gasteiger charge is 2.12. The molecule has 0 amide bonds. The molecule has 1 N–H and O–H groups in total. The molecule has 0 saturated heterocycles. The summed E-state index contributed by atoms with van der Waals surface area (Å²) >= 11 is 1.35. The number of aromatic nitrogens is 1. The highest BCUT2D eigenvalue weighted by Crippen LogP contribution is 2.23. The van der Waals surface area contributed by atoms with E-state index in [1.807, 2.05) is 0 Å². The maximum Gasteiger partial charge on any atom is 0.131 e. The van der Waals surface area contributed by atoms with Gasteiger partial charge in [0.2, 0.25) is 0 Å². The van der Waals surface area contributed by atoms with Gasteiger partial charge in [-0.05, 0) is 17.7 Å². The summed E-state index contributed by atoms with van der Waals surface area (Å²) < 4.78 is 12.8. The molecule has 1 heterocycles. The van der Waals surface area contributed by atoms with E-state index in [1.165, 1.54) is 23.5 Å². The molecule has 1 unspecified atom stereocenters. The Labute approximate surface area is 84.7 Å². The zero-order valence-corrected chi connectivity index (χ0v) is 8.04. The topological polar surface area (TPSA) is 33.1 Å². The second kappa shape index (κ2) is 3.86. The minimum Gasteiger partial charge on any atom is -0.381 e. The molecule has 0 aliphatic heterocycles. The monoisotopic (exact) mass is 209 g/mol. The first-order valence-electron chi connectivity index (χ1n) is 4.10. The first-order valence-corrected chi connectivity index (χ1v) is 4.98. The highest BCUT2D eigenvalue weighted by atomic mass is 32.1. The summed E-state index contributed by atoms with van der Waals surface area (Å²) in [6.45, 7) is 0. The van der Waals surface area contributed by atoms with Gasteiger partial charge in [-0.1, -0.05) is 12.1 Å². The summed E-state index contributed by atoms with van der Waals surface area (Å²) in [6.07, 6.45) is 0.786. The summed E-state index contributed by atoms with van der Waals surface area (Å²) in [6, 6.07) is 5.90. The standard InChI is InChI=1S/C10H8FNOS/c11-8-3-1-2-7(6-8)9(13)10-12-4-5-14-10/h1-6,9,13H. The van der Waals surface area contributed by atoms with E-state index in [1.54, 1.807) is 23.7 Å². The number of halogens is 1. The summed E-state index contributed by atoms with van der Waals surface area (Å²) in [5.74, 6) is -0.349. The molecule has 1 aromatic carbocycles. The molecule has 14 heavy (non-hydrogen) atoms. The third kappa shape index (κ3) is 1.81. The molecular formula is C10H8FNOS. The summed E-state index contributed by atoms with van der Waals surface area (Å²) in [5.41, 5.74) is 0.528. The normalized spacial score (nSPS) is 12.7. The average molecular weight is 209 g/mol. The number of benzene rings is 1. The van der Waals surface area contributed by atoms with Crippen LogP contribution in [0.3, 0.4) is 0 Å². The molecule has 0 saturated carbocycles. The molecule has 0 radical (unpaired) electrons. The zero-order valence-electron chi connectivity index (χ0n) is 7.22. The van der Waals surface area contributed by atoms with Crippen LogP contribution in [0.1, 0.15) is 16.7 Å².